The Morgan fingerprint density at radius 3 is 2.33 bits per heavy atom. The number of benzene rings is 1. The Morgan fingerprint density at radius 2 is 1.86 bits per heavy atom. The molecule has 5 N–H and O–H groups in total. The van der Waals surface area contributed by atoms with Crippen molar-refractivity contribution in [2.24, 2.45) is 11.1 Å². The van der Waals surface area contributed by atoms with Gasteiger partial charge in [-0.1, -0.05) is 26.8 Å². The molecule has 0 amide bonds. The number of aliphatic hydroxyl groups excluding tert-OH is 1. The first-order valence-corrected chi connectivity index (χ1v) is 6.82. The molecule has 3 unspecified atom stereocenters. The third-order valence-corrected chi connectivity index (χ3v) is 3.89. The molecule has 1 aromatic carbocycles. The summed E-state index contributed by atoms with van der Waals surface area (Å²) in [4.78, 5) is 0. The van der Waals surface area contributed by atoms with Crippen molar-refractivity contribution in [2.45, 2.75) is 38.9 Å². The van der Waals surface area contributed by atoms with Crippen molar-refractivity contribution in [1.82, 2.24) is 0 Å². The van der Waals surface area contributed by atoms with Crippen molar-refractivity contribution < 1.29 is 20.1 Å². The third kappa shape index (κ3) is 3.11. The number of nitrogens with two attached hydrogens (primary N) is 1. The Kier molecular flexibility index (Phi) is 5.50. The van der Waals surface area contributed by atoms with Crippen LogP contribution in [0.1, 0.15) is 43.9 Å². The number of phenolic OH excluding ortho intramolecular Hbond substituents is 2. The van der Waals surface area contributed by atoms with Crippen LogP contribution in [0, 0.1) is 5.41 Å². The first kappa shape index (κ1) is 18.0. The summed E-state index contributed by atoms with van der Waals surface area (Å²) < 4.78 is 6.05. The summed E-state index contributed by atoms with van der Waals surface area (Å²) in [5.41, 5.74) is 6.83. The van der Waals surface area contributed by atoms with Crippen molar-refractivity contribution in [1.29, 1.82) is 0 Å². The van der Waals surface area contributed by atoms with E-state index in [1.807, 2.05) is 20.8 Å². The van der Waals surface area contributed by atoms with Gasteiger partial charge in [-0.15, -0.1) is 12.4 Å². The number of aromatic hydroxyl groups is 2. The van der Waals surface area contributed by atoms with E-state index in [0.29, 0.717) is 5.56 Å². The van der Waals surface area contributed by atoms with Gasteiger partial charge in [0.2, 0.25) is 0 Å². The highest BCUT2D eigenvalue weighted by Gasteiger charge is 2.43. The zero-order valence-electron chi connectivity index (χ0n) is 12.5. The SMILES string of the molecule is CC(C)(C)C1OC(CN)c2ccc(O)c(O)c2C1CO.Cl. The number of aliphatic hydroxyl groups is 1. The maximum Gasteiger partial charge on any atom is 0.161 e. The Bertz CT molecular complexity index is 501. The largest absolute Gasteiger partial charge is 0.504 e. The van der Waals surface area contributed by atoms with Crippen LogP contribution >= 0.6 is 12.4 Å². The van der Waals surface area contributed by atoms with Crippen LogP contribution in [-0.2, 0) is 4.74 Å². The highest BCUT2D eigenvalue weighted by molar-refractivity contribution is 5.85. The number of hydrogen-bond donors (Lipinski definition) is 4. The molecule has 0 aromatic heterocycles. The summed E-state index contributed by atoms with van der Waals surface area (Å²) in [6.45, 7) is 6.15. The summed E-state index contributed by atoms with van der Waals surface area (Å²) in [6.07, 6.45) is -0.634. The molecule has 21 heavy (non-hydrogen) atoms. The van der Waals surface area contributed by atoms with Crippen molar-refractivity contribution in [3.05, 3.63) is 23.3 Å². The van der Waals surface area contributed by atoms with E-state index in [1.54, 1.807) is 6.07 Å². The molecular weight excluding hydrogens is 294 g/mol. The molecule has 0 radical (unpaired) electrons. The molecule has 0 bridgehead atoms. The van der Waals surface area contributed by atoms with Gasteiger partial charge in [0.25, 0.3) is 0 Å². The second-order valence-electron chi connectivity index (χ2n) is 6.37. The zero-order chi connectivity index (χ0) is 15.1. The van der Waals surface area contributed by atoms with Gasteiger partial charge in [0, 0.05) is 18.0 Å². The molecule has 1 aliphatic rings. The Labute approximate surface area is 131 Å². The standard InChI is InChI=1S/C15H23NO4.ClH/c1-15(2,3)14-9(7-17)12-8(11(6-16)20-14)4-5-10(18)13(12)19;/h4-5,9,11,14,17-19H,6-7,16H2,1-3H3;1H. The first-order chi connectivity index (χ1) is 9.31. The maximum absolute atomic E-state index is 10.2. The Balaban J connectivity index is 0.00000220. The lowest BCUT2D eigenvalue weighted by Crippen LogP contribution is -2.43. The molecule has 5 nitrogen and oxygen atoms in total. The molecular formula is C15H24ClNO4. The van der Waals surface area contributed by atoms with E-state index in [0.717, 1.165) is 5.56 Å². The maximum atomic E-state index is 10.2. The smallest absolute Gasteiger partial charge is 0.161 e. The van der Waals surface area contributed by atoms with Gasteiger partial charge in [-0.25, -0.2) is 0 Å². The van der Waals surface area contributed by atoms with E-state index >= 15 is 0 Å². The molecule has 1 heterocycles. The van der Waals surface area contributed by atoms with Gasteiger partial charge < -0.3 is 25.8 Å². The van der Waals surface area contributed by atoms with E-state index in [2.05, 4.69) is 0 Å². The highest BCUT2D eigenvalue weighted by Crippen LogP contribution is 2.49. The summed E-state index contributed by atoms with van der Waals surface area (Å²) >= 11 is 0. The van der Waals surface area contributed by atoms with E-state index < -0.39 is 0 Å². The van der Waals surface area contributed by atoms with Crippen LogP contribution in [0.5, 0.6) is 11.5 Å². The molecule has 3 atom stereocenters. The number of halogens is 1. The number of rotatable bonds is 2. The molecule has 0 spiro atoms. The molecule has 0 saturated heterocycles. The fraction of sp³-hybridized carbons (Fsp3) is 0.600. The second kappa shape index (κ2) is 6.40. The molecule has 0 saturated carbocycles. The van der Waals surface area contributed by atoms with Gasteiger partial charge in [-0.05, 0) is 17.0 Å². The monoisotopic (exact) mass is 317 g/mol. The summed E-state index contributed by atoms with van der Waals surface area (Å²) in [5, 5.41) is 29.7. The van der Waals surface area contributed by atoms with Crippen LogP contribution in [0.4, 0.5) is 0 Å². The Hall–Kier alpha value is -1.01. The molecule has 1 aliphatic heterocycles. The summed E-state index contributed by atoms with van der Waals surface area (Å²) in [7, 11) is 0. The summed E-state index contributed by atoms with van der Waals surface area (Å²) in [6, 6.07) is 3.12. The lowest BCUT2D eigenvalue weighted by Gasteiger charge is -2.44. The lowest BCUT2D eigenvalue weighted by molar-refractivity contribution is -0.0989. The van der Waals surface area contributed by atoms with Gasteiger partial charge in [0.1, 0.15) is 0 Å². The van der Waals surface area contributed by atoms with E-state index in [-0.39, 0.29) is 60.6 Å². The van der Waals surface area contributed by atoms with E-state index in [4.69, 9.17) is 10.5 Å². The van der Waals surface area contributed by atoms with Gasteiger partial charge in [0.05, 0.1) is 18.8 Å². The first-order valence-electron chi connectivity index (χ1n) is 6.82. The molecule has 2 rings (SSSR count). The minimum Gasteiger partial charge on any atom is -0.504 e. The lowest BCUT2D eigenvalue weighted by atomic mass is 9.74. The number of fused-ring (bicyclic) bond motifs is 1. The van der Waals surface area contributed by atoms with Crippen LogP contribution in [0.25, 0.3) is 0 Å². The predicted octanol–water partition coefficient (Wildman–Crippen LogP) is 2.04. The second-order valence-corrected chi connectivity index (χ2v) is 6.37. The average Bonchev–Trinajstić information content (AvgIpc) is 2.39. The van der Waals surface area contributed by atoms with Crippen LogP contribution in [0.3, 0.4) is 0 Å². The molecule has 0 aliphatic carbocycles. The van der Waals surface area contributed by atoms with E-state index in [1.165, 1.54) is 6.07 Å². The molecule has 6 heteroatoms. The van der Waals surface area contributed by atoms with E-state index in [9.17, 15) is 15.3 Å². The van der Waals surface area contributed by atoms with Crippen molar-refractivity contribution in [3.8, 4) is 11.5 Å². The van der Waals surface area contributed by atoms with Crippen LogP contribution in [0.15, 0.2) is 12.1 Å². The quantitative estimate of drug-likeness (QED) is 0.626. The van der Waals surface area contributed by atoms with Gasteiger partial charge in [-0.3, -0.25) is 0 Å². The number of phenols is 2. The number of hydrogen-bond acceptors (Lipinski definition) is 5. The normalized spacial score (nSPS) is 25.1. The van der Waals surface area contributed by atoms with Crippen LogP contribution in [0.2, 0.25) is 0 Å². The molecule has 120 valence electrons. The van der Waals surface area contributed by atoms with Crippen LogP contribution in [-0.4, -0.2) is 34.6 Å². The fourth-order valence-electron chi connectivity index (χ4n) is 2.96. The Morgan fingerprint density at radius 1 is 1.24 bits per heavy atom. The minimum atomic E-state index is -0.389. The minimum absolute atomic E-state index is 0. The predicted molar refractivity (Wildman–Crippen MR) is 83.0 cm³/mol. The van der Waals surface area contributed by atoms with Crippen LogP contribution < -0.4 is 5.73 Å². The van der Waals surface area contributed by atoms with Crippen molar-refractivity contribution in [3.63, 3.8) is 0 Å². The molecule has 1 aromatic rings. The fourth-order valence-corrected chi connectivity index (χ4v) is 2.96. The average molecular weight is 318 g/mol. The van der Waals surface area contributed by atoms with Gasteiger partial charge in [0.15, 0.2) is 11.5 Å². The van der Waals surface area contributed by atoms with Gasteiger partial charge >= 0.3 is 0 Å². The van der Waals surface area contributed by atoms with Crippen molar-refractivity contribution in [2.75, 3.05) is 13.2 Å². The topological polar surface area (TPSA) is 95.9 Å². The van der Waals surface area contributed by atoms with Crippen molar-refractivity contribution >= 4 is 12.4 Å². The molecule has 0 fully saturated rings. The third-order valence-electron chi connectivity index (χ3n) is 3.89. The summed E-state index contributed by atoms with van der Waals surface area (Å²) in [5.74, 6) is -0.759. The zero-order valence-corrected chi connectivity index (χ0v) is 13.4. The highest BCUT2D eigenvalue weighted by atomic mass is 35.5. The number of ether oxygens (including phenoxy) is 1. The van der Waals surface area contributed by atoms with Gasteiger partial charge in [-0.2, -0.15) is 0 Å².